The van der Waals surface area contributed by atoms with Crippen molar-refractivity contribution in [3.05, 3.63) is 51.7 Å². The summed E-state index contributed by atoms with van der Waals surface area (Å²) >= 11 is 4.42. The zero-order chi connectivity index (χ0) is 16.6. The fraction of sp³-hybridized carbons (Fsp3) is 0.143. The van der Waals surface area contributed by atoms with Crippen molar-refractivity contribution in [1.82, 2.24) is 14.8 Å². The van der Waals surface area contributed by atoms with Crippen LogP contribution in [0.1, 0.15) is 11.4 Å². The number of halogens is 1. The second-order valence-electron chi connectivity index (χ2n) is 4.88. The molecule has 0 saturated heterocycles. The molecular weight excluding hydrogens is 400 g/mol. The van der Waals surface area contributed by atoms with E-state index in [2.05, 4.69) is 30.7 Å². The molecule has 3 aromatic heterocycles. The topological polar surface area (TPSA) is 76.9 Å². The van der Waals surface area contributed by atoms with Crippen LogP contribution >= 0.6 is 27.3 Å². The van der Waals surface area contributed by atoms with E-state index >= 15 is 0 Å². The summed E-state index contributed by atoms with van der Waals surface area (Å²) in [7, 11) is -3.67. The summed E-state index contributed by atoms with van der Waals surface area (Å²) in [5, 5.41) is 4.36. The molecule has 0 atom stereocenters. The van der Waals surface area contributed by atoms with Gasteiger partial charge in [-0.2, -0.15) is 5.10 Å². The predicted molar refractivity (Wildman–Crippen MR) is 93.7 cm³/mol. The summed E-state index contributed by atoms with van der Waals surface area (Å²) in [6.07, 6.45) is 1.60. The molecule has 23 heavy (non-hydrogen) atoms. The van der Waals surface area contributed by atoms with Gasteiger partial charge in [-0.15, -0.1) is 11.3 Å². The quantitative estimate of drug-likeness (QED) is 0.710. The summed E-state index contributed by atoms with van der Waals surface area (Å²) in [6, 6.07) is 8.50. The molecule has 0 fully saturated rings. The molecule has 3 aromatic rings. The van der Waals surface area contributed by atoms with Crippen molar-refractivity contribution in [2.45, 2.75) is 18.1 Å². The van der Waals surface area contributed by atoms with Gasteiger partial charge in [0.25, 0.3) is 10.0 Å². The van der Waals surface area contributed by atoms with E-state index in [1.54, 1.807) is 35.1 Å². The van der Waals surface area contributed by atoms with Crippen LogP contribution in [0.25, 0.3) is 5.82 Å². The Kier molecular flexibility index (Phi) is 4.26. The third-order valence-electron chi connectivity index (χ3n) is 3.05. The molecule has 0 aromatic carbocycles. The Morgan fingerprint density at radius 1 is 1.26 bits per heavy atom. The Bertz CT molecular complexity index is 963. The van der Waals surface area contributed by atoms with Gasteiger partial charge in [-0.1, -0.05) is 0 Å². The van der Waals surface area contributed by atoms with Gasteiger partial charge in [0.15, 0.2) is 5.82 Å². The number of hydrogen-bond acceptors (Lipinski definition) is 5. The first-order valence-corrected chi connectivity index (χ1v) is 9.73. The molecular formula is C14H13BrN4O2S2. The van der Waals surface area contributed by atoms with E-state index in [9.17, 15) is 8.42 Å². The molecule has 0 aliphatic rings. The van der Waals surface area contributed by atoms with E-state index < -0.39 is 10.0 Å². The van der Waals surface area contributed by atoms with Gasteiger partial charge >= 0.3 is 0 Å². The second-order valence-corrected chi connectivity index (χ2v) is 9.25. The van der Waals surface area contributed by atoms with Crippen LogP contribution in [0.3, 0.4) is 0 Å². The highest BCUT2D eigenvalue weighted by molar-refractivity contribution is 9.11. The van der Waals surface area contributed by atoms with Crippen LogP contribution in [0.2, 0.25) is 0 Å². The number of anilines is 1. The highest BCUT2D eigenvalue weighted by Gasteiger charge is 2.20. The SMILES string of the molecule is Cc1cc(C)n(-c2ncccc2NS(=O)(=O)c2ccc(Br)s2)n1. The molecule has 1 N–H and O–H groups in total. The number of rotatable bonds is 4. The Balaban J connectivity index is 2.03. The Hall–Kier alpha value is -1.71. The molecule has 9 heteroatoms. The number of pyridine rings is 1. The van der Waals surface area contributed by atoms with Crippen LogP contribution in [0.5, 0.6) is 0 Å². The summed E-state index contributed by atoms with van der Waals surface area (Å²) in [4.78, 5) is 4.27. The monoisotopic (exact) mass is 412 g/mol. The van der Waals surface area contributed by atoms with E-state index in [-0.39, 0.29) is 4.21 Å². The average molecular weight is 413 g/mol. The van der Waals surface area contributed by atoms with Gasteiger partial charge < -0.3 is 0 Å². The number of hydrogen-bond donors (Lipinski definition) is 1. The summed E-state index contributed by atoms with van der Waals surface area (Å²) in [6.45, 7) is 3.77. The van der Waals surface area contributed by atoms with Crippen molar-refractivity contribution in [2.75, 3.05) is 4.72 Å². The molecule has 0 bridgehead atoms. The lowest BCUT2D eigenvalue weighted by atomic mass is 10.3. The van der Waals surface area contributed by atoms with Gasteiger partial charge in [-0.3, -0.25) is 4.72 Å². The largest absolute Gasteiger partial charge is 0.275 e. The van der Waals surface area contributed by atoms with Crippen molar-refractivity contribution >= 4 is 43.0 Å². The fourth-order valence-electron chi connectivity index (χ4n) is 2.13. The number of nitrogens with one attached hydrogen (secondary N) is 1. The number of nitrogens with zero attached hydrogens (tertiary/aromatic N) is 3. The number of aromatic nitrogens is 3. The molecule has 120 valence electrons. The van der Waals surface area contributed by atoms with Crippen molar-refractivity contribution < 1.29 is 8.42 Å². The van der Waals surface area contributed by atoms with Crippen LogP contribution in [-0.4, -0.2) is 23.2 Å². The summed E-state index contributed by atoms with van der Waals surface area (Å²) < 4.78 is 30.2. The molecule has 0 amide bonds. The normalized spacial score (nSPS) is 11.6. The third-order valence-corrected chi connectivity index (χ3v) is 6.54. The molecule has 0 aliphatic carbocycles. The molecule has 0 aliphatic heterocycles. The Labute approximate surface area is 146 Å². The standard InChI is InChI=1S/C14H13BrN4O2S2/c1-9-8-10(2)19(17-9)14-11(4-3-7-16-14)18-23(20,21)13-6-5-12(15)22-13/h3-8,18H,1-2H3. The molecule has 0 spiro atoms. The van der Waals surface area contributed by atoms with Crippen molar-refractivity contribution in [2.24, 2.45) is 0 Å². The van der Waals surface area contributed by atoms with Gasteiger partial charge in [0, 0.05) is 11.9 Å². The predicted octanol–water partition coefficient (Wildman–Crippen LogP) is 3.51. The minimum atomic E-state index is -3.67. The maximum atomic E-state index is 12.5. The lowest BCUT2D eigenvalue weighted by Crippen LogP contribution is -2.15. The minimum absolute atomic E-state index is 0.229. The molecule has 6 nitrogen and oxygen atoms in total. The van der Waals surface area contributed by atoms with E-state index in [0.29, 0.717) is 11.5 Å². The lowest BCUT2D eigenvalue weighted by Gasteiger charge is -2.11. The highest BCUT2D eigenvalue weighted by atomic mass is 79.9. The first-order valence-electron chi connectivity index (χ1n) is 6.63. The molecule has 0 unspecified atom stereocenters. The summed E-state index contributed by atoms with van der Waals surface area (Å²) in [5.74, 6) is 0.442. The van der Waals surface area contributed by atoms with Crippen LogP contribution in [0, 0.1) is 13.8 Å². The third kappa shape index (κ3) is 3.31. The van der Waals surface area contributed by atoms with E-state index in [0.717, 1.165) is 26.5 Å². The van der Waals surface area contributed by atoms with Gasteiger partial charge in [0.1, 0.15) is 4.21 Å². The van der Waals surface area contributed by atoms with Crippen LogP contribution in [0.15, 0.2) is 44.5 Å². The molecule has 0 radical (unpaired) electrons. The first kappa shape index (κ1) is 16.2. The van der Waals surface area contributed by atoms with Gasteiger partial charge in [0.2, 0.25) is 0 Å². The average Bonchev–Trinajstić information content (AvgIpc) is 3.05. The lowest BCUT2D eigenvalue weighted by molar-refractivity contribution is 0.603. The second kappa shape index (κ2) is 6.06. The van der Waals surface area contributed by atoms with E-state index in [4.69, 9.17) is 0 Å². The summed E-state index contributed by atoms with van der Waals surface area (Å²) in [5.41, 5.74) is 2.09. The number of aryl methyl sites for hydroxylation is 2. The minimum Gasteiger partial charge on any atom is -0.275 e. The number of thiophene rings is 1. The zero-order valence-corrected chi connectivity index (χ0v) is 15.5. The Morgan fingerprint density at radius 2 is 2.04 bits per heavy atom. The maximum Gasteiger partial charge on any atom is 0.271 e. The van der Waals surface area contributed by atoms with Crippen LogP contribution in [-0.2, 0) is 10.0 Å². The molecule has 0 saturated carbocycles. The first-order chi connectivity index (χ1) is 10.9. The van der Waals surface area contributed by atoms with Gasteiger partial charge in [0.05, 0.1) is 15.2 Å². The van der Waals surface area contributed by atoms with Crippen molar-refractivity contribution in [1.29, 1.82) is 0 Å². The Morgan fingerprint density at radius 3 is 2.65 bits per heavy atom. The molecule has 3 heterocycles. The van der Waals surface area contributed by atoms with Crippen molar-refractivity contribution in [3.8, 4) is 5.82 Å². The highest BCUT2D eigenvalue weighted by Crippen LogP contribution is 2.29. The molecule has 3 rings (SSSR count). The zero-order valence-electron chi connectivity index (χ0n) is 12.3. The van der Waals surface area contributed by atoms with Gasteiger partial charge in [-0.05, 0) is 60.1 Å². The van der Waals surface area contributed by atoms with E-state index in [1.807, 2.05) is 19.9 Å². The van der Waals surface area contributed by atoms with E-state index in [1.165, 1.54) is 0 Å². The van der Waals surface area contributed by atoms with Crippen molar-refractivity contribution in [3.63, 3.8) is 0 Å². The van der Waals surface area contributed by atoms with Crippen LogP contribution < -0.4 is 4.72 Å². The fourth-order valence-corrected chi connectivity index (χ4v) is 5.20. The number of sulfonamides is 1. The maximum absolute atomic E-state index is 12.5. The van der Waals surface area contributed by atoms with Crippen LogP contribution in [0.4, 0.5) is 5.69 Å². The smallest absolute Gasteiger partial charge is 0.271 e. The van der Waals surface area contributed by atoms with Gasteiger partial charge in [-0.25, -0.2) is 18.1 Å².